The molecule has 0 aliphatic carbocycles. The topological polar surface area (TPSA) is 76.3 Å². The van der Waals surface area contributed by atoms with Gasteiger partial charge in [0.15, 0.2) is 0 Å². The Bertz CT molecular complexity index is 1390. The molecule has 6 nitrogen and oxygen atoms in total. The van der Waals surface area contributed by atoms with Gasteiger partial charge in [0, 0.05) is 10.0 Å². The molecule has 170 valence electrons. The van der Waals surface area contributed by atoms with Gasteiger partial charge in [-0.1, -0.05) is 59.1 Å². The Morgan fingerprint density at radius 1 is 0.909 bits per heavy atom. The highest BCUT2D eigenvalue weighted by Gasteiger charge is 2.28. The quantitative estimate of drug-likeness (QED) is 0.311. The third-order valence-corrected chi connectivity index (χ3v) is 7.57. The van der Waals surface area contributed by atoms with E-state index < -0.39 is 10.0 Å². The summed E-state index contributed by atoms with van der Waals surface area (Å²) in [5, 5.41) is 9.24. The maximum atomic E-state index is 13.6. The van der Waals surface area contributed by atoms with E-state index in [4.69, 9.17) is 27.6 Å². The van der Waals surface area contributed by atoms with Crippen molar-refractivity contribution in [2.75, 3.05) is 4.31 Å². The third-order valence-electron chi connectivity index (χ3n) is 5.15. The van der Waals surface area contributed by atoms with Gasteiger partial charge in [0.05, 0.1) is 17.0 Å². The van der Waals surface area contributed by atoms with Crippen LogP contribution in [0.25, 0.3) is 0 Å². The summed E-state index contributed by atoms with van der Waals surface area (Å²) in [5.41, 5.74) is 2.95. The van der Waals surface area contributed by atoms with E-state index >= 15 is 0 Å². The van der Waals surface area contributed by atoms with Gasteiger partial charge in [0.2, 0.25) is 11.8 Å². The zero-order chi connectivity index (χ0) is 23.6. The minimum absolute atomic E-state index is 0.139. The van der Waals surface area contributed by atoms with Crippen molar-refractivity contribution in [1.82, 2.24) is 10.2 Å². The molecule has 0 amide bonds. The second-order valence-corrected chi connectivity index (χ2v) is 10.3. The fourth-order valence-corrected chi connectivity index (χ4v) is 5.23. The zero-order valence-electron chi connectivity index (χ0n) is 18.0. The van der Waals surface area contributed by atoms with Crippen LogP contribution < -0.4 is 4.31 Å². The molecule has 1 heterocycles. The maximum Gasteiger partial charge on any atom is 0.264 e. The molecule has 9 heteroatoms. The molecule has 0 unspecified atom stereocenters. The average molecular weight is 502 g/mol. The van der Waals surface area contributed by atoms with Gasteiger partial charge in [-0.05, 0) is 61.4 Å². The highest BCUT2D eigenvalue weighted by molar-refractivity contribution is 7.92. The lowest BCUT2D eigenvalue weighted by molar-refractivity contribution is 0.458. The summed E-state index contributed by atoms with van der Waals surface area (Å²) >= 11 is 12.3. The number of hydrogen-bond acceptors (Lipinski definition) is 5. The molecule has 0 spiro atoms. The van der Waals surface area contributed by atoms with Crippen LogP contribution in [0.3, 0.4) is 0 Å². The van der Waals surface area contributed by atoms with Crippen molar-refractivity contribution >= 4 is 38.9 Å². The smallest absolute Gasteiger partial charge is 0.264 e. The second kappa shape index (κ2) is 9.55. The monoisotopic (exact) mass is 501 g/mol. The number of aromatic nitrogens is 2. The molecular formula is C24H21Cl2N3O3S. The fraction of sp³-hybridized carbons (Fsp3) is 0.167. The van der Waals surface area contributed by atoms with Crippen LogP contribution in [0.15, 0.2) is 76.0 Å². The van der Waals surface area contributed by atoms with E-state index in [0.717, 1.165) is 11.1 Å². The number of benzene rings is 3. The Balaban J connectivity index is 1.70. The SMILES string of the molecule is Cc1ccc(S(=O)(=O)N(Cc2nnc(Cc3cccc(Cl)c3)o2)c2cccc(Cl)c2C)cc1. The number of halogens is 2. The summed E-state index contributed by atoms with van der Waals surface area (Å²) in [5.74, 6) is 0.532. The van der Waals surface area contributed by atoms with E-state index in [0.29, 0.717) is 33.6 Å². The molecule has 0 radical (unpaired) electrons. The van der Waals surface area contributed by atoms with Crippen LogP contribution >= 0.6 is 23.2 Å². The van der Waals surface area contributed by atoms with E-state index in [2.05, 4.69) is 10.2 Å². The van der Waals surface area contributed by atoms with Crippen molar-refractivity contribution in [3.05, 3.63) is 105 Å². The van der Waals surface area contributed by atoms with Crippen molar-refractivity contribution in [3.8, 4) is 0 Å². The van der Waals surface area contributed by atoms with Crippen molar-refractivity contribution in [2.24, 2.45) is 0 Å². The van der Waals surface area contributed by atoms with Crippen LogP contribution in [0.2, 0.25) is 10.0 Å². The minimum atomic E-state index is -3.93. The van der Waals surface area contributed by atoms with Crippen molar-refractivity contribution in [3.63, 3.8) is 0 Å². The molecule has 0 aliphatic heterocycles. The van der Waals surface area contributed by atoms with E-state index in [-0.39, 0.29) is 17.3 Å². The number of nitrogens with zero attached hydrogens (tertiary/aromatic N) is 3. The molecule has 0 saturated heterocycles. The molecule has 0 aliphatic rings. The summed E-state index contributed by atoms with van der Waals surface area (Å²) in [6.45, 7) is 3.53. The molecule has 33 heavy (non-hydrogen) atoms. The lowest BCUT2D eigenvalue weighted by Gasteiger charge is -2.25. The van der Waals surface area contributed by atoms with Gasteiger partial charge >= 0.3 is 0 Å². The van der Waals surface area contributed by atoms with Gasteiger partial charge in [-0.2, -0.15) is 0 Å². The Kier molecular flexibility index (Phi) is 6.74. The van der Waals surface area contributed by atoms with Crippen molar-refractivity contribution in [2.45, 2.75) is 31.7 Å². The number of hydrogen-bond donors (Lipinski definition) is 0. The van der Waals surface area contributed by atoms with Crippen LogP contribution in [-0.2, 0) is 23.0 Å². The van der Waals surface area contributed by atoms with Gasteiger partial charge < -0.3 is 4.42 Å². The molecule has 0 atom stereocenters. The predicted molar refractivity (Wildman–Crippen MR) is 129 cm³/mol. The van der Waals surface area contributed by atoms with Gasteiger partial charge in [0.25, 0.3) is 10.0 Å². The van der Waals surface area contributed by atoms with Crippen LogP contribution in [0.4, 0.5) is 5.69 Å². The van der Waals surface area contributed by atoms with Crippen LogP contribution in [-0.4, -0.2) is 18.6 Å². The Morgan fingerprint density at radius 2 is 1.61 bits per heavy atom. The van der Waals surface area contributed by atoms with Crippen LogP contribution in [0.1, 0.15) is 28.5 Å². The summed E-state index contributed by atoms with van der Waals surface area (Å²) in [6.07, 6.45) is 0.383. The maximum absolute atomic E-state index is 13.6. The molecule has 3 aromatic carbocycles. The zero-order valence-corrected chi connectivity index (χ0v) is 20.3. The molecule has 4 rings (SSSR count). The minimum Gasteiger partial charge on any atom is -0.423 e. The lowest BCUT2D eigenvalue weighted by atomic mass is 10.1. The first-order valence-corrected chi connectivity index (χ1v) is 12.3. The summed E-state index contributed by atoms with van der Waals surface area (Å²) in [6, 6.07) is 19.1. The van der Waals surface area contributed by atoms with Crippen LogP contribution in [0, 0.1) is 13.8 Å². The molecule has 0 bridgehead atoms. The van der Waals surface area contributed by atoms with E-state index in [1.165, 1.54) is 4.31 Å². The molecule has 1 aromatic heterocycles. The number of anilines is 1. The standard InChI is InChI=1S/C24H21Cl2N3O3S/c1-16-9-11-20(12-10-16)33(30,31)29(22-8-4-7-21(26)17(22)2)15-24-28-27-23(32-24)14-18-5-3-6-19(25)13-18/h3-13H,14-15H2,1-2H3. The predicted octanol–water partition coefficient (Wildman–Crippen LogP) is 5.98. The van der Waals surface area contributed by atoms with E-state index in [1.54, 1.807) is 55.5 Å². The normalized spacial score (nSPS) is 11.5. The first kappa shape index (κ1) is 23.3. The Labute approximate surface area is 202 Å². The molecule has 0 fully saturated rings. The van der Waals surface area contributed by atoms with Gasteiger partial charge in [-0.3, -0.25) is 4.31 Å². The largest absolute Gasteiger partial charge is 0.423 e. The van der Waals surface area contributed by atoms with Crippen molar-refractivity contribution in [1.29, 1.82) is 0 Å². The number of rotatable bonds is 7. The van der Waals surface area contributed by atoms with Gasteiger partial charge in [-0.15, -0.1) is 10.2 Å². The van der Waals surface area contributed by atoms with Crippen LogP contribution in [0.5, 0.6) is 0 Å². The summed E-state index contributed by atoms with van der Waals surface area (Å²) in [7, 11) is -3.93. The van der Waals surface area contributed by atoms with Gasteiger partial charge in [-0.25, -0.2) is 8.42 Å². The lowest BCUT2D eigenvalue weighted by Crippen LogP contribution is -2.31. The molecular weight excluding hydrogens is 481 g/mol. The van der Waals surface area contributed by atoms with E-state index in [1.807, 2.05) is 25.1 Å². The summed E-state index contributed by atoms with van der Waals surface area (Å²) < 4.78 is 34.3. The first-order valence-electron chi connectivity index (χ1n) is 10.1. The fourth-order valence-electron chi connectivity index (χ4n) is 3.37. The Hall–Kier alpha value is -2.87. The summed E-state index contributed by atoms with van der Waals surface area (Å²) in [4.78, 5) is 0.158. The van der Waals surface area contributed by atoms with Crippen molar-refractivity contribution < 1.29 is 12.8 Å². The second-order valence-electron chi connectivity index (χ2n) is 7.60. The average Bonchev–Trinajstić information content (AvgIpc) is 3.21. The van der Waals surface area contributed by atoms with Gasteiger partial charge in [0.1, 0.15) is 6.54 Å². The highest BCUT2D eigenvalue weighted by Crippen LogP contribution is 2.32. The highest BCUT2D eigenvalue weighted by atomic mass is 35.5. The van der Waals surface area contributed by atoms with E-state index in [9.17, 15) is 8.42 Å². The molecule has 0 saturated carbocycles. The third kappa shape index (κ3) is 5.21. The Morgan fingerprint density at radius 3 is 2.33 bits per heavy atom. The first-order chi connectivity index (χ1) is 15.7. The number of aryl methyl sites for hydroxylation is 1. The molecule has 4 aromatic rings. The molecule has 0 N–H and O–H groups in total. The number of sulfonamides is 1.